The van der Waals surface area contributed by atoms with Crippen LogP contribution >= 0.6 is 11.6 Å². The van der Waals surface area contributed by atoms with Gasteiger partial charge >= 0.3 is 0 Å². The molecule has 1 aliphatic heterocycles. The first-order valence-corrected chi connectivity index (χ1v) is 9.12. The average Bonchev–Trinajstić information content (AvgIpc) is 3.12. The molecule has 2 aromatic rings. The summed E-state index contributed by atoms with van der Waals surface area (Å²) in [5.74, 6) is 1.23. The highest BCUT2D eigenvalue weighted by molar-refractivity contribution is 6.30. The summed E-state index contributed by atoms with van der Waals surface area (Å²) < 4.78 is 1.97. The fraction of sp³-hybridized carbons (Fsp3) is 0.526. The molecule has 0 spiro atoms. The standard InChI is InChI=1S/C19H24ClN3O/c1-13-8-21-23(9-13)18-6-15-11-22(12-16(15)7-19(18)24)10-14-3-2-4-17(20)5-14/h2-5,8-9,15-16,18-19,24H,6-7,10-12H2,1H3/t15-,16+,18-,19-/m0/s1. The molecule has 4 nitrogen and oxygen atoms in total. The molecule has 128 valence electrons. The highest BCUT2D eigenvalue weighted by Crippen LogP contribution is 2.41. The zero-order valence-corrected chi connectivity index (χ0v) is 14.7. The molecule has 0 unspecified atom stereocenters. The molecule has 1 aromatic carbocycles. The van der Waals surface area contributed by atoms with Gasteiger partial charge in [0.25, 0.3) is 0 Å². The van der Waals surface area contributed by atoms with E-state index in [4.69, 9.17) is 11.6 Å². The molecule has 1 aromatic heterocycles. The van der Waals surface area contributed by atoms with Crippen molar-refractivity contribution in [1.82, 2.24) is 14.7 Å². The fourth-order valence-electron chi connectivity index (χ4n) is 4.43. The predicted octanol–water partition coefficient (Wildman–Crippen LogP) is 3.29. The number of halogens is 1. The van der Waals surface area contributed by atoms with Crippen molar-refractivity contribution in [2.75, 3.05) is 13.1 Å². The van der Waals surface area contributed by atoms with Crippen LogP contribution in [-0.2, 0) is 6.54 Å². The van der Waals surface area contributed by atoms with Crippen molar-refractivity contribution in [3.63, 3.8) is 0 Å². The van der Waals surface area contributed by atoms with Crippen LogP contribution in [0.1, 0.15) is 30.0 Å². The van der Waals surface area contributed by atoms with Gasteiger partial charge in [0.1, 0.15) is 0 Å². The number of benzene rings is 1. The summed E-state index contributed by atoms with van der Waals surface area (Å²) in [7, 11) is 0. The molecule has 1 saturated heterocycles. The molecule has 1 saturated carbocycles. The number of hydrogen-bond acceptors (Lipinski definition) is 3. The van der Waals surface area contributed by atoms with E-state index in [0.29, 0.717) is 11.8 Å². The molecular formula is C19H24ClN3O. The van der Waals surface area contributed by atoms with Crippen molar-refractivity contribution in [1.29, 1.82) is 0 Å². The normalized spacial score (nSPS) is 30.5. The van der Waals surface area contributed by atoms with E-state index in [1.807, 2.05) is 42.2 Å². The van der Waals surface area contributed by atoms with Crippen LogP contribution in [-0.4, -0.2) is 39.0 Å². The SMILES string of the molecule is Cc1cnn([C@H]2C[C@H]3CN(Cc4cccc(Cl)c4)C[C@H]3C[C@@H]2O)c1. The van der Waals surface area contributed by atoms with E-state index in [1.54, 1.807) is 0 Å². The topological polar surface area (TPSA) is 41.3 Å². The molecule has 4 rings (SSSR count). The van der Waals surface area contributed by atoms with E-state index in [-0.39, 0.29) is 12.1 Å². The minimum Gasteiger partial charge on any atom is -0.391 e. The van der Waals surface area contributed by atoms with Gasteiger partial charge in [0, 0.05) is 30.9 Å². The number of aryl methyl sites for hydroxylation is 1. The van der Waals surface area contributed by atoms with Gasteiger partial charge in [-0.3, -0.25) is 9.58 Å². The Morgan fingerprint density at radius 1 is 1.25 bits per heavy atom. The van der Waals surface area contributed by atoms with Crippen LogP contribution in [0, 0.1) is 18.8 Å². The number of fused-ring (bicyclic) bond motifs is 1. The fourth-order valence-corrected chi connectivity index (χ4v) is 4.64. The third kappa shape index (κ3) is 3.23. The molecule has 2 fully saturated rings. The summed E-state index contributed by atoms with van der Waals surface area (Å²) in [4.78, 5) is 2.50. The second kappa shape index (κ2) is 6.51. The second-order valence-electron chi connectivity index (χ2n) is 7.45. The maximum absolute atomic E-state index is 10.6. The van der Waals surface area contributed by atoms with Gasteiger partial charge in [-0.25, -0.2) is 0 Å². The van der Waals surface area contributed by atoms with Crippen molar-refractivity contribution in [2.45, 2.75) is 38.5 Å². The van der Waals surface area contributed by atoms with Crippen LogP contribution in [0.2, 0.25) is 5.02 Å². The lowest BCUT2D eigenvalue weighted by molar-refractivity contribution is 0.0306. The number of nitrogens with zero attached hydrogens (tertiary/aromatic N) is 3. The predicted molar refractivity (Wildman–Crippen MR) is 95.0 cm³/mol. The molecule has 2 heterocycles. The highest BCUT2D eigenvalue weighted by atomic mass is 35.5. The van der Waals surface area contributed by atoms with Crippen LogP contribution in [0.5, 0.6) is 0 Å². The number of aromatic nitrogens is 2. The molecule has 0 radical (unpaired) electrons. The quantitative estimate of drug-likeness (QED) is 0.928. The summed E-state index contributed by atoms with van der Waals surface area (Å²) in [6.45, 7) is 5.15. The largest absolute Gasteiger partial charge is 0.391 e. The molecule has 1 aliphatic carbocycles. The molecule has 5 heteroatoms. The molecule has 1 N–H and O–H groups in total. The maximum atomic E-state index is 10.6. The number of aliphatic hydroxyl groups is 1. The van der Waals surface area contributed by atoms with Crippen molar-refractivity contribution < 1.29 is 5.11 Å². The minimum absolute atomic E-state index is 0.117. The highest BCUT2D eigenvalue weighted by Gasteiger charge is 2.42. The van der Waals surface area contributed by atoms with Crippen LogP contribution < -0.4 is 0 Å². The first kappa shape index (κ1) is 16.1. The summed E-state index contributed by atoms with van der Waals surface area (Å²) in [5, 5.41) is 15.8. The average molecular weight is 346 g/mol. The van der Waals surface area contributed by atoms with Gasteiger partial charge in [-0.2, -0.15) is 5.10 Å². The Bertz CT molecular complexity index is 716. The van der Waals surface area contributed by atoms with Crippen LogP contribution in [0.4, 0.5) is 0 Å². The van der Waals surface area contributed by atoms with E-state index >= 15 is 0 Å². The molecular weight excluding hydrogens is 322 g/mol. The van der Waals surface area contributed by atoms with Gasteiger partial charge in [0.15, 0.2) is 0 Å². The zero-order chi connectivity index (χ0) is 16.7. The molecule has 4 atom stereocenters. The molecule has 2 aliphatic rings. The Morgan fingerprint density at radius 3 is 2.75 bits per heavy atom. The molecule has 0 amide bonds. The number of aliphatic hydroxyl groups excluding tert-OH is 1. The Kier molecular flexibility index (Phi) is 4.37. The third-order valence-electron chi connectivity index (χ3n) is 5.55. The Labute approximate surface area is 148 Å². The van der Waals surface area contributed by atoms with Crippen LogP contribution in [0.15, 0.2) is 36.7 Å². The van der Waals surface area contributed by atoms with Gasteiger partial charge in [-0.1, -0.05) is 23.7 Å². The number of likely N-dealkylation sites (tertiary alicyclic amines) is 1. The van der Waals surface area contributed by atoms with Gasteiger partial charge in [0.2, 0.25) is 0 Å². The number of rotatable bonds is 3. The third-order valence-corrected chi connectivity index (χ3v) is 5.79. The second-order valence-corrected chi connectivity index (χ2v) is 7.88. The van der Waals surface area contributed by atoms with Gasteiger partial charge in [-0.05, 0) is 54.9 Å². The lowest BCUT2D eigenvalue weighted by Crippen LogP contribution is -2.36. The van der Waals surface area contributed by atoms with Crippen molar-refractivity contribution in [3.05, 3.63) is 52.8 Å². The van der Waals surface area contributed by atoms with E-state index < -0.39 is 0 Å². The summed E-state index contributed by atoms with van der Waals surface area (Å²) in [6.07, 6.45) is 5.52. The number of hydrogen-bond donors (Lipinski definition) is 1. The van der Waals surface area contributed by atoms with E-state index in [0.717, 1.165) is 43.1 Å². The Hall–Kier alpha value is -1.36. The Morgan fingerprint density at radius 2 is 2.04 bits per heavy atom. The van der Waals surface area contributed by atoms with Gasteiger partial charge in [-0.15, -0.1) is 0 Å². The monoisotopic (exact) mass is 345 g/mol. The lowest BCUT2D eigenvalue weighted by atomic mass is 9.77. The first-order valence-electron chi connectivity index (χ1n) is 8.74. The van der Waals surface area contributed by atoms with Gasteiger partial charge in [0.05, 0.1) is 18.3 Å². The molecule has 24 heavy (non-hydrogen) atoms. The minimum atomic E-state index is -0.295. The van der Waals surface area contributed by atoms with E-state index in [2.05, 4.69) is 16.1 Å². The molecule has 0 bridgehead atoms. The zero-order valence-electron chi connectivity index (χ0n) is 14.0. The van der Waals surface area contributed by atoms with Gasteiger partial charge < -0.3 is 5.11 Å². The summed E-state index contributed by atoms with van der Waals surface area (Å²) in [5.41, 5.74) is 2.42. The summed E-state index contributed by atoms with van der Waals surface area (Å²) in [6, 6.07) is 8.24. The first-order chi connectivity index (χ1) is 11.6. The smallest absolute Gasteiger partial charge is 0.0781 e. The van der Waals surface area contributed by atoms with E-state index in [9.17, 15) is 5.11 Å². The van der Waals surface area contributed by atoms with Crippen LogP contribution in [0.3, 0.4) is 0 Å². The van der Waals surface area contributed by atoms with Crippen molar-refractivity contribution >= 4 is 11.6 Å². The lowest BCUT2D eigenvalue weighted by Gasteiger charge is -2.35. The van der Waals surface area contributed by atoms with Crippen molar-refractivity contribution in [3.8, 4) is 0 Å². The van der Waals surface area contributed by atoms with E-state index in [1.165, 1.54) is 5.56 Å². The van der Waals surface area contributed by atoms with Crippen molar-refractivity contribution in [2.24, 2.45) is 11.8 Å². The Balaban J connectivity index is 1.43. The summed E-state index contributed by atoms with van der Waals surface area (Å²) >= 11 is 6.10. The maximum Gasteiger partial charge on any atom is 0.0781 e. The van der Waals surface area contributed by atoms with Crippen LogP contribution in [0.25, 0.3) is 0 Å².